The molecule has 1 aromatic heterocycles. The Morgan fingerprint density at radius 2 is 1.86 bits per heavy atom. The normalized spacial score (nSPS) is 14.9. The van der Waals surface area contributed by atoms with Crippen molar-refractivity contribution in [1.29, 1.82) is 0 Å². The third-order valence-electron chi connectivity index (χ3n) is 3.49. The van der Waals surface area contributed by atoms with Gasteiger partial charge < -0.3 is 18.9 Å². The minimum Gasteiger partial charge on any atom is -0.492 e. The van der Waals surface area contributed by atoms with E-state index in [1.807, 2.05) is 6.92 Å². The first kappa shape index (κ1) is 24.5. The zero-order valence-corrected chi connectivity index (χ0v) is 18.1. The molecule has 0 unspecified atom stereocenters. The summed E-state index contributed by atoms with van der Waals surface area (Å²) in [6.07, 6.45) is 3.69. The second-order valence-electron chi connectivity index (χ2n) is 5.73. The molecule has 0 aliphatic carbocycles. The Kier molecular flexibility index (Phi) is 12.6. The van der Waals surface area contributed by atoms with Gasteiger partial charge in [0.15, 0.2) is 5.78 Å². The summed E-state index contributed by atoms with van der Waals surface area (Å²) in [5.74, 6) is 0.783. The maximum absolute atomic E-state index is 11.4. The van der Waals surface area contributed by atoms with E-state index < -0.39 is 0 Å². The Labute approximate surface area is 175 Å². The molecule has 0 saturated carbocycles. The molecular formula is C19H28O7S2. The maximum Gasteiger partial charge on any atom is 0.348 e. The number of hydrogen-bond acceptors (Lipinski definition) is 9. The lowest BCUT2D eigenvalue weighted by Gasteiger charge is -2.11. The predicted molar refractivity (Wildman–Crippen MR) is 110 cm³/mol. The van der Waals surface area contributed by atoms with Gasteiger partial charge in [-0.25, -0.2) is 4.79 Å². The average Bonchev–Trinajstić information content (AvgIpc) is 3.14. The smallest absolute Gasteiger partial charge is 0.348 e. The van der Waals surface area contributed by atoms with E-state index in [0.29, 0.717) is 24.7 Å². The minimum absolute atomic E-state index is 0.174. The van der Waals surface area contributed by atoms with Gasteiger partial charge >= 0.3 is 11.9 Å². The summed E-state index contributed by atoms with van der Waals surface area (Å²) in [5, 5.41) is 0. The van der Waals surface area contributed by atoms with Crippen LogP contribution in [0, 0.1) is 0 Å². The summed E-state index contributed by atoms with van der Waals surface area (Å²) >= 11 is 5.16. The van der Waals surface area contributed by atoms with Crippen molar-refractivity contribution in [2.24, 2.45) is 0 Å². The maximum atomic E-state index is 11.4. The van der Waals surface area contributed by atoms with Crippen LogP contribution in [0.5, 0.6) is 5.75 Å². The van der Waals surface area contributed by atoms with Crippen molar-refractivity contribution in [3.63, 3.8) is 0 Å². The predicted octanol–water partition coefficient (Wildman–Crippen LogP) is 3.10. The number of Topliss-reactive ketones (excluding diaryl/α,β-unsaturated/α-hetero) is 1. The number of thiophene rings is 1. The molecule has 0 atom stereocenters. The van der Waals surface area contributed by atoms with Crippen LogP contribution < -0.4 is 4.74 Å². The van der Waals surface area contributed by atoms with Crippen LogP contribution in [0.2, 0.25) is 0 Å². The van der Waals surface area contributed by atoms with E-state index in [2.05, 4.69) is 17.4 Å². The monoisotopic (exact) mass is 432 g/mol. The number of thiol groups is 1. The van der Waals surface area contributed by atoms with Crippen LogP contribution in [0.1, 0.15) is 47.7 Å². The van der Waals surface area contributed by atoms with Crippen molar-refractivity contribution < 1.29 is 33.3 Å². The topological polar surface area (TPSA) is 88.1 Å². The van der Waals surface area contributed by atoms with Crippen LogP contribution in [0.15, 0.2) is 6.07 Å². The van der Waals surface area contributed by atoms with Gasteiger partial charge in [0.1, 0.15) is 17.2 Å². The van der Waals surface area contributed by atoms with Crippen LogP contribution >= 0.6 is 24.0 Å². The first-order chi connectivity index (χ1) is 13.5. The summed E-state index contributed by atoms with van der Waals surface area (Å²) in [5.41, 5.74) is 0. The largest absolute Gasteiger partial charge is 0.492 e. The Bertz CT molecular complexity index is 589. The highest BCUT2D eigenvalue weighted by Gasteiger charge is 2.18. The third-order valence-corrected chi connectivity index (χ3v) is 4.91. The Morgan fingerprint density at radius 1 is 1.14 bits per heavy atom. The van der Waals surface area contributed by atoms with E-state index in [1.165, 1.54) is 16.2 Å². The van der Waals surface area contributed by atoms with Crippen LogP contribution in [0.25, 0.3) is 0 Å². The summed E-state index contributed by atoms with van der Waals surface area (Å²) in [6.45, 7) is 6.31. The first-order valence-corrected chi connectivity index (χ1v) is 10.7. The molecule has 9 heteroatoms. The molecule has 1 saturated heterocycles. The Hall–Kier alpha value is -1.58. The van der Waals surface area contributed by atoms with Crippen molar-refractivity contribution in [2.45, 2.75) is 39.5 Å². The lowest BCUT2D eigenvalue weighted by atomic mass is 10.2. The fraction of sp³-hybridized carbons (Fsp3) is 0.632. The van der Waals surface area contributed by atoms with Crippen LogP contribution in [-0.2, 0) is 30.2 Å². The highest BCUT2D eigenvalue weighted by Crippen LogP contribution is 2.33. The number of ether oxygens (including phenoxy) is 4. The van der Waals surface area contributed by atoms with Gasteiger partial charge in [0.25, 0.3) is 0 Å². The molecule has 0 amide bonds. The number of carbonyl (C=O) groups excluding carboxylic acids is 3. The van der Waals surface area contributed by atoms with E-state index in [-0.39, 0.29) is 23.5 Å². The molecule has 0 bridgehead atoms. The fourth-order valence-electron chi connectivity index (χ4n) is 2.26. The fourth-order valence-corrected chi connectivity index (χ4v) is 3.39. The van der Waals surface area contributed by atoms with Crippen molar-refractivity contribution in [2.75, 3.05) is 38.8 Å². The SMILES string of the molecule is CCOC(=O)CS.CCOC(=O)c1cc2c(s1)CCCO2.O=C1CCCOC1. The molecule has 158 valence electrons. The number of hydrogen-bond donors (Lipinski definition) is 1. The van der Waals surface area contributed by atoms with Crippen molar-refractivity contribution in [3.8, 4) is 5.75 Å². The lowest BCUT2D eigenvalue weighted by Crippen LogP contribution is -2.15. The van der Waals surface area contributed by atoms with E-state index >= 15 is 0 Å². The molecule has 7 nitrogen and oxygen atoms in total. The summed E-state index contributed by atoms with van der Waals surface area (Å²) < 4.78 is 19.7. The second kappa shape index (κ2) is 14.4. The van der Waals surface area contributed by atoms with Gasteiger partial charge in [-0.3, -0.25) is 9.59 Å². The number of esters is 2. The van der Waals surface area contributed by atoms with Gasteiger partial charge in [-0.2, -0.15) is 12.6 Å². The van der Waals surface area contributed by atoms with E-state index in [9.17, 15) is 14.4 Å². The van der Waals surface area contributed by atoms with Gasteiger partial charge in [-0.1, -0.05) is 0 Å². The molecule has 1 aromatic rings. The van der Waals surface area contributed by atoms with Crippen molar-refractivity contribution in [1.82, 2.24) is 0 Å². The molecule has 2 aliphatic heterocycles. The highest BCUT2D eigenvalue weighted by atomic mass is 32.1. The summed E-state index contributed by atoms with van der Waals surface area (Å²) in [4.78, 5) is 33.7. The molecule has 0 N–H and O–H groups in total. The van der Waals surface area contributed by atoms with E-state index in [0.717, 1.165) is 44.6 Å². The minimum atomic E-state index is -0.258. The van der Waals surface area contributed by atoms with Gasteiger partial charge in [0, 0.05) is 24.0 Å². The Balaban J connectivity index is 0.000000237. The average molecular weight is 433 g/mol. The highest BCUT2D eigenvalue weighted by molar-refractivity contribution is 7.81. The molecule has 3 rings (SSSR count). The van der Waals surface area contributed by atoms with Gasteiger partial charge in [0.2, 0.25) is 0 Å². The zero-order chi connectivity index (χ0) is 20.8. The molecule has 3 heterocycles. The van der Waals surface area contributed by atoms with Gasteiger partial charge in [0.05, 0.1) is 25.6 Å². The third kappa shape index (κ3) is 9.57. The lowest BCUT2D eigenvalue weighted by molar-refractivity contribution is -0.139. The van der Waals surface area contributed by atoms with E-state index in [1.54, 1.807) is 13.0 Å². The van der Waals surface area contributed by atoms with Crippen molar-refractivity contribution >= 4 is 41.7 Å². The van der Waals surface area contributed by atoms with Crippen LogP contribution in [0.3, 0.4) is 0 Å². The molecule has 0 spiro atoms. The molecule has 2 aliphatic rings. The summed E-state index contributed by atoms with van der Waals surface area (Å²) in [6, 6.07) is 1.79. The first-order valence-electron chi connectivity index (χ1n) is 9.30. The number of carbonyl (C=O) groups is 3. The van der Waals surface area contributed by atoms with Crippen molar-refractivity contribution in [3.05, 3.63) is 15.8 Å². The zero-order valence-electron chi connectivity index (χ0n) is 16.4. The number of ketones is 1. The number of fused-ring (bicyclic) bond motifs is 1. The summed E-state index contributed by atoms with van der Waals surface area (Å²) in [7, 11) is 0. The standard InChI is InChI=1S/C10H12O3S.C5H8O2.C4H8O2S/c1-2-12-10(11)9-6-7-8(14-9)4-3-5-13-7;6-5-2-1-3-7-4-5;1-2-6-4(5)3-7/h6H,2-5H2,1H3;1-4H2;7H,2-3H2,1H3. The molecule has 0 aromatic carbocycles. The molecule has 0 radical (unpaired) electrons. The quantitative estimate of drug-likeness (QED) is 0.578. The molecular weight excluding hydrogens is 404 g/mol. The Morgan fingerprint density at radius 3 is 2.32 bits per heavy atom. The van der Waals surface area contributed by atoms with Gasteiger partial charge in [-0.05, 0) is 33.1 Å². The molecule has 28 heavy (non-hydrogen) atoms. The number of rotatable bonds is 4. The number of aryl methyl sites for hydroxylation is 1. The van der Waals surface area contributed by atoms with Gasteiger partial charge in [-0.15, -0.1) is 11.3 Å². The van der Waals surface area contributed by atoms with Crippen LogP contribution in [0.4, 0.5) is 0 Å². The van der Waals surface area contributed by atoms with Crippen LogP contribution in [-0.4, -0.2) is 56.5 Å². The van der Waals surface area contributed by atoms with E-state index in [4.69, 9.17) is 14.2 Å². The molecule has 1 fully saturated rings. The second-order valence-corrected chi connectivity index (χ2v) is 7.18.